The molecule has 33 heavy (non-hydrogen) atoms. The van der Waals surface area contributed by atoms with Gasteiger partial charge in [-0.2, -0.15) is 0 Å². The van der Waals surface area contributed by atoms with Gasteiger partial charge in [-0.1, -0.05) is 72.3 Å². The summed E-state index contributed by atoms with van der Waals surface area (Å²) in [7, 11) is 0. The zero-order chi connectivity index (χ0) is 22.8. The minimum absolute atomic E-state index is 0.399. The summed E-state index contributed by atoms with van der Waals surface area (Å²) in [5, 5.41) is 0.772. The molecule has 0 radical (unpaired) electrons. The fourth-order valence-electron chi connectivity index (χ4n) is 3.74. The Labute approximate surface area is 206 Å². The lowest BCUT2D eigenvalue weighted by atomic mass is 10.0. The van der Waals surface area contributed by atoms with E-state index >= 15 is 0 Å². The molecule has 0 N–H and O–H groups in total. The summed E-state index contributed by atoms with van der Waals surface area (Å²) in [5.41, 5.74) is 6.33. The van der Waals surface area contributed by atoms with Crippen LogP contribution in [0.3, 0.4) is 0 Å². The fourth-order valence-corrected chi connectivity index (χ4v) is 4.10. The molecule has 0 aliphatic rings. The molecule has 5 aromatic rings. The highest BCUT2D eigenvalue weighted by Gasteiger charge is 2.16. The number of aryl methyl sites for hydroxylation is 1. The van der Waals surface area contributed by atoms with Crippen LogP contribution in [0.4, 0.5) is 0 Å². The fraction of sp³-hybridized carbons (Fsp3) is 0.0345. The zero-order valence-corrected chi connectivity index (χ0v) is 20.1. The van der Waals surface area contributed by atoms with Crippen LogP contribution in [0.25, 0.3) is 33.3 Å². The molecule has 0 spiro atoms. The Bertz CT molecular complexity index is 1440. The average Bonchev–Trinajstić information content (AvgIpc) is 2.85. The summed E-state index contributed by atoms with van der Waals surface area (Å²) in [4.78, 5) is 18.0. The molecule has 1 aromatic heterocycles. The van der Waals surface area contributed by atoms with E-state index in [-0.39, 0.29) is 0 Å². The number of hydrogen-bond donors (Lipinski definition) is 0. The molecule has 0 atom stereocenters. The van der Waals surface area contributed by atoms with Crippen molar-refractivity contribution in [3.8, 4) is 28.1 Å². The second-order valence-electron chi connectivity index (χ2n) is 7.86. The Morgan fingerprint density at radius 2 is 1.36 bits per heavy atom. The maximum absolute atomic E-state index is 13.2. The number of hydrogen-bond acceptors (Lipinski definition) is 3. The quantitative estimate of drug-likeness (QED) is 0.133. The average molecular weight is 541 g/mol. The van der Waals surface area contributed by atoms with Crippen molar-refractivity contribution >= 4 is 39.5 Å². The van der Waals surface area contributed by atoms with Gasteiger partial charge in [0.25, 0.3) is 0 Å². The summed E-state index contributed by atoms with van der Waals surface area (Å²) in [6, 6.07) is 33.5. The molecule has 0 unspecified atom stereocenters. The number of fused-ring (bicyclic) bond motifs is 1. The second-order valence-corrected chi connectivity index (χ2v) is 9.10. The Kier molecular flexibility index (Phi) is 5.92. The van der Waals surface area contributed by atoms with Gasteiger partial charge in [-0.15, -0.1) is 0 Å². The van der Waals surface area contributed by atoms with Crippen LogP contribution in [-0.2, 0) is 0 Å². The molecule has 0 fully saturated rings. The molecule has 0 saturated carbocycles. The van der Waals surface area contributed by atoms with Gasteiger partial charge in [0.1, 0.15) is 5.75 Å². The lowest BCUT2D eigenvalue weighted by Gasteiger charge is -2.11. The Hall–Kier alpha value is -3.51. The SMILES string of the molecule is Cc1ccc(-c2cc(C(=O)Oc3ccc(-c4ccc(I)cc4)cc3)c3ccccc3n2)cc1. The van der Waals surface area contributed by atoms with Gasteiger partial charge in [-0.3, -0.25) is 0 Å². The monoisotopic (exact) mass is 541 g/mol. The highest BCUT2D eigenvalue weighted by molar-refractivity contribution is 14.1. The van der Waals surface area contributed by atoms with Crippen LogP contribution >= 0.6 is 22.6 Å². The number of aromatic nitrogens is 1. The number of para-hydroxylation sites is 1. The number of carbonyl (C=O) groups is 1. The highest BCUT2D eigenvalue weighted by Crippen LogP contribution is 2.27. The predicted molar refractivity (Wildman–Crippen MR) is 141 cm³/mol. The molecule has 1 heterocycles. The van der Waals surface area contributed by atoms with Crippen LogP contribution in [0.1, 0.15) is 15.9 Å². The second kappa shape index (κ2) is 9.16. The van der Waals surface area contributed by atoms with Crippen molar-refractivity contribution < 1.29 is 9.53 Å². The third kappa shape index (κ3) is 4.66. The number of rotatable bonds is 4. The Balaban J connectivity index is 1.46. The highest BCUT2D eigenvalue weighted by atomic mass is 127. The van der Waals surface area contributed by atoms with E-state index in [1.807, 2.05) is 85.8 Å². The summed E-state index contributed by atoms with van der Waals surface area (Å²) in [6.07, 6.45) is 0. The molecular weight excluding hydrogens is 521 g/mol. The van der Waals surface area contributed by atoms with Gasteiger partial charge >= 0.3 is 5.97 Å². The Morgan fingerprint density at radius 3 is 2.06 bits per heavy atom. The number of esters is 1. The minimum atomic E-state index is -0.399. The molecule has 0 amide bonds. The van der Waals surface area contributed by atoms with Gasteiger partial charge in [-0.25, -0.2) is 9.78 Å². The molecule has 160 valence electrons. The lowest BCUT2D eigenvalue weighted by Crippen LogP contribution is -2.10. The number of carbonyl (C=O) groups excluding carboxylic acids is 1. The summed E-state index contributed by atoms with van der Waals surface area (Å²) in [6.45, 7) is 2.05. The number of halogens is 1. The van der Waals surface area contributed by atoms with Crippen molar-refractivity contribution in [3.63, 3.8) is 0 Å². The summed E-state index contributed by atoms with van der Waals surface area (Å²) < 4.78 is 6.95. The van der Waals surface area contributed by atoms with Crippen LogP contribution in [0, 0.1) is 10.5 Å². The molecule has 4 heteroatoms. The molecule has 0 aliphatic heterocycles. The van der Waals surface area contributed by atoms with E-state index in [1.54, 1.807) is 0 Å². The molecule has 0 aliphatic carbocycles. The molecule has 0 bridgehead atoms. The van der Waals surface area contributed by atoms with E-state index in [9.17, 15) is 4.79 Å². The molecule has 4 aromatic carbocycles. The van der Waals surface area contributed by atoms with Crippen molar-refractivity contribution in [2.24, 2.45) is 0 Å². The number of pyridine rings is 1. The van der Waals surface area contributed by atoms with E-state index in [1.165, 1.54) is 9.13 Å². The van der Waals surface area contributed by atoms with Gasteiger partial charge in [-0.05, 0) is 77.0 Å². The van der Waals surface area contributed by atoms with Crippen LogP contribution in [-0.4, -0.2) is 11.0 Å². The molecule has 5 rings (SSSR count). The first-order valence-electron chi connectivity index (χ1n) is 10.6. The van der Waals surface area contributed by atoms with E-state index in [4.69, 9.17) is 9.72 Å². The molecule has 0 saturated heterocycles. The summed E-state index contributed by atoms with van der Waals surface area (Å²) in [5.74, 6) is 0.107. The number of ether oxygens (including phenoxy) is 1. The van der Waals surface area contributed by atoms with Crippen molar-refractivity contribution in [3.05, 3.63) is 118 Å². The van der Waals surface area contributed by atoms with Crippen LogP contribution in [0.5, 0.6) is 5.75 Å². The van der Waals surface area contributed by atoms with Crippen molar-refractivity contribution in [2.75, 3.05) is 0 Å². The van der Waals surface area contributed by atoms with Gasteiger partial charge in [0.05, 0.1) is 16.8 Å². The largest absolute Gasteiger partial charge is 0.423 e. The van der Waals surface area contributed by atoms with Gasteiger partial charge in [0.2, 0.25) is 0 Å². The van der Waals surface area contributed by atoms with Gasteiger partial charge < -0.3 is 4.74 Å². The number of nitrogens with zero attached hydrogens (tertiary/aromatic N) is 1. The molecular formula is C29H20INO2. The third-order valence-corrected chi connectivity index (χ3v) is 6.25. The van der Waals surface area contributed by atoms with E-state index in [0.717, 1.165) is 33.3 Å². The van der Waals surface area contributed by atoms with E-state index in [2.05, 4.69) is 46.9 Å². The third-order valence-electron chi connectivity index (χ3n) is 5.53. The normalized spacial score (nSPS) is 10.8. The number of benzene rings is 4. The van der Waals surface area contributed by atoms with Crippen LogP contribution in [0.15, 0.2) is 103 Å². The van der Waals surface area contributed by atoms with Crippen molar-refractivity contribution in [2.45, 2.75) is 6.92 Å². The Morgan fingerprint density at radius 1 is 0.758 bits per heavy atom. The maximum atomic E-state index is 13.2. The standard InChI is InChI=1S/C29H20INO2/c1-19-6-8-22(9-7-19)28-18-26(25-4-2-3-5-27(25)31-28)29(32)33-24-16-12-21(13-17-24)20-10-14-23(30)15-11-20/h2-18H,1H3. The molecule has 3 nitrogen and oxygen atoms in total. The van der Waals surface area contributed by atoms with Gasteiger partial charge in [0, 0.05) is 14.5 Å². The predicted octanol–water partition coefficient (Wildman–Crippen LogP) is 7.70. The van der Waals surface area contributed by atoms with E-state index in [0.29, 0.717) is 11.3 Å². The smallest absolute Gasteiger partial charge is 0.344 e. The minimum Gasteiger partial charge on any atom is -0.423 e. The topological polar surface area (TPSA) is 39.2 Å². The van der Waals surface area contributed by atoms with Crippen molar-refractivity contribution in [1.29, 1.82) is 0 Å². The van der Waals surface area contributed by atoms with Gasteiger partial charge in [0.15, 0.2) is 0 Å². The zero-order valence-electron chi connectivity index (χ0n) is 18.0. The maximum Gasteiger partial charge on any atom is 0.344 e. The first-order valence-corrected chi connectivity index (χ1v) is 11.7. The van der Waals surface area contributed by atoms with Crippen molar-refractivity contribution in [1.82, 2.24) is 4.98 Å². The van der Waals surface area contributed by atoms with Crippen LogP contribution < -0.4 is 4.74 Å². The summed E-state index contributed by atoms with van der Waals surface area (Å²) >= 11 is 2.29. The van der Waals surface area contributed by atoms with Crippen LogP contribution in [0.2, 0.25) is 0 Å². The first-order chi connectivity index (χ1) is 16.1. The van der Waals surface area contributed by atoms with E-state index < -0.39 is 5.97 Å². The lowest BCUT2D eigenvalue weighted by molar-refractivity contribution is 0.0737. The first kappa shape index (κ1) is 21.3.